The summed E-state index contributed by atoms with van der Waals surface area (Å²) in [6.07, 6.45) is 2.38. The summed E-state index contributed by atoms with van der Waals surface area (Å²) in [5.74, 6) is 2.28. The number of carbonyl (C=O) groups excluding carboxylic acids is 1. The van der Waals surface area contributed by atoms with E-state index in [-0.39, 0.29) is 11.9 Å². The molecule has 6 nitrogen and oxygen atoms in total. The van der Waals surface area contributed by atoms with E-state index in [0.29, 0.717) is 24.1 Å². The number of aromatic nitrogens is 2. The molecule has 1 fully saturated rings. The smallest absolute Gasteiger partial charge is 0.249 e. The summed E-state index contributed by atoms with van der Waals surface area (Å²) in [6.45, 7) is 4.86. The van der Waals surface area contributed by atoms with E-state index in [4.69, 9.17) is 9.26 Å². The first kappa shape index (κ1) is 16.5. The lowest BCUT2D eigenvalue weighted by Gasteiger charge is -2.22. The molecule has 2 aromatic rings. The number of carbonyl (C=O) groups is 1. The fourth-order valence-corrected chi connectivity index (χ4v) is 3.04. The molecular formula is C18H23N3O3. The van der Waals surface area contributed by atoms with Crippen LogP contribution < -0.4 is 4.74 Å². The molecule has 1 saturated heterocycles. The Morgan fingerprint density at radius 3 is 3.04 bits per heavy atom. The molecule has 0 spiro atoms. The highest BCUT2D eigenvalue weighted by Gasteiger charge is 2.34. The van der Waals surface area contributed by atoms with Crippen molar-refractivity contribution in [2.24, 2.45) is 5.92 Å². The maximum Gasteiger partial charge on any atom is 0.249 e. The third kappa shape index (κ3) is 3.42. The molecule has 1 aromatic heterocycles. The molecule has 1 aliphatic rings. The monoisotopic (exact) mass is 329 g/mol. The van der Waals surface area contributed by atoms with E-state index in [2.05, 4.69) is 24.0 Å². The highest BCUT2D eigenvalue weighted by molar-refractivity contribution is 5.77. The van der Waals surface area contributed by atoms with Crippen LogP contribution in [0.5, 0.6) is 5.75 Å². The third-order valence-electron chi connectivity index (χ3n) is 4.21. The van der Waals surface area contributed by atoms with Crippen molar-refractivity contribution in [2.45, 2.75) is 39.2 Å². The maximum absolute atomic E-state index is 12.4. The summed E-state index contributed by atoms with van der Waals surface area (Å²) in [7, 11) is 1.62. The minimum Gasteiger partial charge on any atom is -0.497 e. The van der Waals surface area contributed by atoms with Crippen LogP contribution in [0.1, 0.15) is 45.0 Å². The molecule has 1 atom stereocenters. The van der Waals surface area contributed by atoms with Gasteiger partial charge in [-0.15, -0.1) is 0 Å². The van der Waals surface area contributed by atoms with Gasteiger partial charge in [0, 0.05) is 18.5 Å². The molecule has 1 aromatic carbocycles. The first-order chi connectivity index (χ1) is 11.6. The zero-order valence-corrected chi connectivity index (χ0v) is 14.4. The molecule has 0 radical (unpaired) electrons. The van der Waals surface area contributed by atoms with Crippen molar-refractivity contribution in [1.82, 2.24) is 15.0 Å². The Morgan fingerprint density at radius 2 is 2.29 bits per heavy atom. The molecule has 24 heavy (non-hydrogen) atoms. The van der Waals surface area contributed by atoms with Gasteiger partial charge in [0.05, 0.1) is 7.11 Å². The van der Waals surface area contributed by atoms with Crippen LogP contribution in [-0.2, 0) is 4.79 Å². The van der Waals surface area contributed by atoms with Crippen LogP contribution in [-0.4, -0.2) is 34.6 Å². The van der Waals surface area contributed by atoms with Crippen LogP contribution in [0, 0.1) is 5.92 Å². The fraction of sp³-hybridized carbons (Fsp3) is 0.500. The van der Waals surface area contributed by atoms with E-state index in [1.807, 2.05) is 29.2 Å². The van der Waals surface area contributed by atoms with Crippen molar-refractivity contribution in [1.29, 1.82) is 0 Å². The summed E-state index contributed by atoms with van der Waals surface area (Å²) in [5, 5.41) is 4.08. The van der Waals surface area contributed by atoms with E-state index >= 15 is 0 Å². The van der Waals surface area contributed by atoms with E-state index in [0.717, 1.165) is 30.7 Å². The second kappa shape index (κ2) is 7.03. The van der Waals surface area contributed by atoms with Gasteiger partial charge < -0.3 is 14.2 Å². The second-order valence-electron chi connectivity index (χ2n) is 6.53. The minimum atomic E-state index is -0.108. The Hall–Kier alpha value is -2.37. The highest BCUT2D eigenvalue weighted by Crippen LogP contribution is 2.33. The largest absolute Gasteiger partial charge is 0.497 e. The number of hydrogen-bond acceptors (Lipinski definition) is 5. The summed E-state index contributed by atoms with van der Waals surface area (Å²) >= 11 is 0. The summed E-state index contributed by atoms with van der Waals surface area (Å²) in [6, 6.07) is 7.42. The number of ether oxygens (including phenoxy) is 1. The number of hydrogen-bond donors (Lipinski definition) is 0. The van der Waals surface area contributed by atoms with Crippen LogP contribution >= 0.6 is 0 Å². The number of methoxy groups -OCH3 is 1. The van der Waals surface area contributed by atoms with E-state index in [1.54, 1.807) is 7.11 Å². The molecule has 1 aliphatic heterocycles. The Morgan fingerprint density at radius 1 is 1.46 bits per heavy atom. The van der Waals surface area contributed by atoms with Crippen molar-refractivity contribution in [3.8, 4) is 17.1 Å². The van der Waals surface area contributed by atoms with E-state index < -0.39 is 0 Å². The lowest BCUT2D eigenvalue weighted by atomic mass is 10.1. The van der Waals surface area contributed by atoms with Crippen LogP contribution in [0.25, 0.3) is 11.4 Å². The minimum absolute atomic E-state index is 0.108. The Bertz CT molecular complexity index is 711. The molecule has 2 heterocycles. The third-order valence-corrected chi connectivity index (χ3v) is 4.21. The molecule has 0 bridgehead atoms. The van der Waals surface area contributed by atoms with Crippen molar-refractivity contribution < 1.29 is 14.1 Å². The molecule has 3 rings (SSSR count). The number of rotatable bonds is 5. The standard InChI is InChI=1S/C18H23N3O3/c1-12(2)10-16(22)21-9-5-8-15(21)18-19-17(20-24-18)13-6-4-7-14(11-13)23-3/h4,6-7,11-12,15H,5,8-10H2,1-3H3. The van der Waals surface area contributed by atoms with Crippen LogP contribution in [0.4, 0.5) is 0 Å². The number of amides is 1. The van der Waals surface area contributed by atoms with Crippen LogP contribution in [0.2, 0.25) is 0 Å². The highest BCUT2D eigenvalue weighted by atomic mass is 16.5. The number of nitrogens with zero attached hydrogens (tertiary/aromatic N) is 3. The van der Waals surface area contributed by atoms with Gasteiger partial charge in [0.1, 0.15) is 11.8 Å². The Kier molecular flexibility index (Phi) is 4.83. The lowest BCUT2D eigenvalue weighted by molar-refractivity contribution is -0.133. The number of benzene rings is 1. The normalized spacial score (nSPS) is 17.5. The fourth-order valence-electron chi connectivity index (χ4n) is 3.04. The predicted octanol–water partition coefficient (Wildman–Crippen LogP) is 3.45. The average molecular weight is 329 g/mol. The first-order valence-electron chi connectivity index (χ1n) is 8.36. The number of likely N-dealkylation sites (tertiary alicyclic amines) is 1. The Balaban J connectivity index is 1.80. The first-order valence-corrected chi connectivity index (χ1v) is 8.36. The quantitative estimate of drug-likeness (QED) is 0.840. The van der Waals surface area contributed by atoms with Gasteiger partial charge in [0.25, 0.3) is 0 Å². The van der Waals surface area contributed by atoms with Crippen LogP contribution in [0.3, 0.4) is 0 Å². The SMILES string of the molecule is COc1cccc(-c2noc(C3CCCN3C(=O)CC(C)C)n2)c1. The zero-order valence-electron chi connectivity index (χ0n) is 14.4. The predicted molar refractivity (Wildman–Crippen MR) is 89.4 cm³/mol. The topological polar surface area (TPSA) is 68.5 Å². The van der Waals surface area contributed by atoms with Crippen molar-refractivity contribution >= 4 is 5.91 Å². The van der Waals surface area contributed by atoms with Crippen molar-refractivity contribution in [3.63, 3.8) is 0 Å². The van der Waals surface area contributed by atoms with Crippen molar-refractivity contribution in [3.05, 3.63) is 30.2 Å². The van der Waals surface area contributed by atoms with Gasteiger partial charge in [-0.1, -0.05) is 31.1 Å². The molecule has 0 N–H and O–H groups in total. The molecule has 1 unspecified atom stereocenters. The lowest BCUT2D eigenvalue weighted by Crippen LogP contribution is -2.31. The van der Waals surface area contributed by atoms with Gasteiger partial charge >= 0.3 is 0 Å². The molecule has 0 aliphatic carbocycles. The summed E-state index contributed by atoms with van der Waals surface area (Å²) in [4.78, 5) is 18.8. The summed E-state index contributed by atoms with van der Waals surface area (Å²) < 4.78 is 10.7. The van der Waals surface area contributed by atoms with Gasteiger partial charge in [-0.2, -0.15) is 4.98 Å². The van der Waals surface area contributed by atoms with E-state index in [1.165, 1.54) is 0 Å². The van der Waals surface area contributed by atoms with Gasteiger partial charge in [-0.05, 0) is 30.9 Å². The molecule has 0 saturated carbocycles. The average Bonchev–Trinajstić information content (AvgIpc) is 3.23. The molecule has 1 amide bonds. The van der Waals surface area contributed by atoms with Gasteiger partial charge in [-0.25, -0.2) is 0 Å². The molecule has 6 heteroatoms. The summed E-state index contributed by atoms with van der Waals surface area (Å²) in [5.41, 5.74) is 0.836. The van der Waals surface area contributed by atoms with Crippen molar-refractivity contribution in [2.75, 3.05) is 13.7 Å². The maximum atomic E-state index is 12.4. The van der Waals surface area contributed by atoms with Gasteiger partial charge in [0.2, 0.25) is 17.6 Å². The second-order valence-corrected chi connectivity index (χ2v) is 6.53. The van der Waals surface area contributed by atoms with Gasteiger partial charge in [0.15, 0.2) is 0 Å². The molecule has 128 valence electrons. The van der Waals surface area contributed by atoms with Gasteiger partial charge in [-0.3, -0.25) is 4.79 Å². The Labute approximate surface area is 141 Å². The molecular weight excluding hydrogens is 306 g/mol. The van der Waals surface area contributed by atoms with E-state index in [9.17, 15) is 4.79 Å². The zero-order chi connectivity index (χ0) is 17.1. The van der Waals surface area contributed by atoms with Crippen LogP contribution in [0.15, 0.2) is 28.8 Å².